The van der Waals surface area contributed by atoms with Gasteiger partial charge in [-0.05, 0) is 18.4 Å². The fourth-order valence-corrected chi connectivity index (χ4v) is 1.70. The molecule has 0 bridgehead atoms. The third-order valence-corrected chi connectivity index (χ3v) is 2.59. The Bertz CT molecular complexity index is 480. The second kappa shape index (κ2) is 6.55. The van der Waals surface area contributed by atoms with E-state index in [0.717, 1.165) is 17.7 Å². The fourth-order valence-electron chi connectivity index (χ4n) is 1.70. The van der Waals surface area contributed by atoms with E-state index in [-0.39, 0.29) is 13.0 Å². The molecule has 0 spiro atoms. The highest BCUT2D eigenvalue weighted by Gasteiger charge is 2.13. The molecule has 0 aliphatic carbocycles. The summed E-state index contributed by atoms with van der Waals surface area (Å²) in [5.41, 5.74) is 2.17. The van der Waals surface area contributed by atoms with Crippen LogP contribution in [0.1, 0.15) is 37.1 Å². The quantitative estimate of drug-likeness (QED) is 0.788. The molecule has 6 nitrogen and oxygen atoms in total. The number of hydrogen-bond acceptors (Lipinski definition) is 5. The van der Waals surface area contributed by atoms with Crippen molar-refractivity contribution < 1.29 is 9.90 Å². The summed E-state index contributed by atoms with van der Waals surface area (Å²) in [4.78, 5) is 10.4. The molecule has 1 aromatic heterocycles. The second-order valence-electron chi connectivity index (χ2n) is 3.74. The van der Waals surface area contributed by atoms with Gasteiger partial charge in [-0.1, -0.05) is 13.8 Å². The van der Waals surface area contributed by atoms with Crippen molar-refractivity contribution in [2.45, 2.75) is 33.1 Å². The van der Waals surface area contributed by atoms with E-state index in [9.17, 15) is 10.1 Å². The van der Waals surface area contributed by atoms with Crippen LogP contribution in [-0.4, -0.2) is 27.8 Å². The summed E-state index contributed by atoms with van der Waals surface area (Å²) >= 11 is 0. The maximum Gasteiger partial charge on any atom is 0.305 e. The number of carboxylic acid groups (broad SMARTS) is 1. The molecule has 0 unspecified atom stereocenters. The van der Waals surface area contributed by atoms with Crippen molar-refractivity contribution in [1.82, 2.24) is 10.2 Å². The maximum atomic E-state index is 10.4. The summed E-state index contributed by atoms with van der Waals surface area (Å²) < 4.78 is 0. The Morgan fingerprint density at radius 3 is 2.61 bits per heavy atom. The first-order chi connectivity index (χ1) is 8.63. The summed E-state index contributed by atoms with van der Waals surface area (Å²) in [7, 11) is 0. The molecule has 0 aliphatic heterocycles. The van der Waals surface area contributed by atoms with E-state index in [2.05, 4.69) is 21.6 Å². The van der Waals surface area contributed by atoms with Crippen molar-refractivity contribution in [3.8, 4) is 6.07 Å². The molecule has 0 saturated heterocycles. The number of nitrogens with zero attached hydrogens (tertiary/aromatic N) is 3. The lowest BCUT2D eigenvalue weighted by molar-refractivity contribution is -0.136. The first-order valence-electron chi connectivity index (χ1n) is 5.88. The van der Waals surface area contributed by atoms with E-state index in [4.69, 9.17) is 5.11 Å². The zero-order valence-corrected chi connectivity index (χ0v) is 10.5. The van der Waals surface area contributed by atoms with E-state index < -0.39 is 5.97 Å². The number of aliphatic carboxylic acids is 1. The highest BCUT2D eigenvalue weighted by atomic mass is 16.4. The minimum absolute atomic E-state index is 0.0243. The van der Waals surface area contributed by atoms with Gasteiger partial charge in [-0.15, -0.1) is 5.10 Å². The van der Waals surface area contributed by atoms with E-state index in [1.807, 2.05) is 13.8 Å². The molecule has 96 valence electrons. The largest absolute Gasteiger partial charge is 0.481 e. The van der Waals surface area contributed by atoms with E-state index >= 15 is 0 Å². The van der Waals surface area contributed by atoms with Gasteiger partial charge in [0.1, 0.15) is 11.6 Å². The fraction of sp³-hybridized carbons (Fsp3) is 0.500. The van der Waals surface area contributed by atoms with Crippen molar-refractivity contribution in [3.63, 3.8) is 0 Å². The van der Waals surface area contributed by atoms with Crippen LogP contribution < -0.4 is 5.32 Å². The van der Waals surface area contributed by atoms with Gasteiger partial charge < -0.3 is 10.4 Å². The SMILES string of the molecule is CCc1nnc(NCCC(=O)O)c(C#N)c1CC. The molecule has 18 heavy (non-hydrogen) atoms. The molecular weight excluding hydrogens is 232 g/mol. The van der Waals surface area contributed by atoms with Crippen molar-refractivity contribution in [2.75, 3.05) is 11.9 Å². The lowest BCUT2D eigenvalue weighted by Crippen LogP contribution is -2.13. The Balaban J connectivity index is 2.99. The van der Waals surface area contributed by atoms with Crippen LogP contribution >= 0.6 is 0 Å². The van der Waals surface area contributed by atoms with Gasteiger partial charge in [-0.3, -0.25) is 4.79 Å². The standard InChI is InChI=1S/C12H16N4O2/c1-3-8-9(7-13)12(14-6-5-11(17)18)16-15-10(8)4-2/h3-6H2,1-2H3,(H,14,16)(H,17,18). The normalized spacial score (nSPS) is 9.83. The average Bonchev–Trinajstić information content (AvgIpc) is 2.37. The van der Waals surface area contributed by atoms with Gasteiger partial charge in [0.2, 0.25) is 0 Å². The van der Waals surface area contributed by atoms with Crippen molar-refractivity contribution in [1.29, 1.82) is 5.26 Å². The van der Waals surface area contributed by atoms with Crippen LogP contribution in [0.25, 0.3) is 0 Å². The first-order valence-corrected chi connectivity index (χ1v) is 5.88. The molecule has 1 heterocycles. The zero-order valence-electron chi connectivity index (χ0n) is 10.5. The summed E-state index contributed by atoms with van der Waals surface area (Å²) in [6.07, 6.45) is 1.40. The number of nitrogens with one attached hydrogen (secondary N) is 1. The molecule has 0 radical (unpaired) electrons. The van der Waals surface area contributed by atoms with Crippen LogP contribution in [0.15, 0.2) is 0 Å². The van der Waals surface area contributed by atoms with E-state index in [0.29, 0.717) is 17.8 Å². The van der Waals surface area contributed by atoms with Gasteiger partial charge in [0.25, 0.3) is 0 Å². The second-order valence-corrected chi connectivity index (χ2v) is 3.74. The molecular formula is C12H16N4O2. The van der Waals surface area contributed by atoms with Crippen LogP contribution in [-0.2, 0) is 17.6 Å². The molecule has 2 N–H and O–H groups in total. The number of rotatable bonds is 6. The molecule has 0 aromatic carbocycles. The Morgan fingerprint density at radius 2 is 2.11 bits per heavy atom. The Morgan fingerprint density at radius 1 is 1.39 bits per heavy atom. The van der Waals surface area contributed by atoms with Gasteiger partial charge >= 0.3 is 5.97 Å². The molecule has 1 aromatic rings. The van der Waals surface area contributed by atoms with Crippen molar-refractivity contribution >= 4 is 11.8 Å². The Labute approximate surface area is 106 Å². The molecule has 0 atom stereocenters. The predicted molar refractivity (Wildman–Crippen MR) is 66.2 cm³/mol. The number of nitriles is 1. The number of aromatic nitrogens is 2. The minimum Gasteiger partial charge on any atom is -0.481 e. The van der Waals surface area contributed by atoms with Crippen LogP contribution in [0.3, 0.4) is 0 Å². The smallest absolute Gasteiger partial charge is 0.305 e. The van der Waals surface area contributed by atoms with Gasteiger partial charge in [0, 0.05) is 6.54 Å². The summed E-state index contributed by atoms with van der Waals surface area (Å²) in [6, 6.07) is 2.12. The zero-order chi connectivity index (χ0) is 13.5. The number of carbonyl (C=O) groups is 1. The van der Waals surface area contributed by atoms with Crippen LogP contribution in [0.4, 0.5) is 5.82 Å². The number of hydrogen-bond donors (Lipinski definition) is 2. The van der Waals surface area contributed by atoms with Crippen LogP contribution in [0, 0.1) is 11.3 Å². The van der Waals surface area contributed by atoms with Gasteiger partial charge in [0.15, 0.2) is 5.82 Å². The van der Waals surface area contributed by atoms with Crippen molar-refractivity contribution in [2.24, 2.45) is 0 Å². The average molecular weight is 248 g/mol. The monoisotopic (exact) mass is 248 g/mol. The third kappa shape index (κ3) is 3.17. The highest BCUT2D eigenvalue weighted by molar-refractivity contribution is 5.67. The first kappa shape index (κ1) is 13.9. The number of anilines is 1. The maximum absolute atomic E-state index is 10.4. The van der Waals surface area contributed by atoms with Gasteiger partial charge in [0.05, 0.1) is 12.1 Å². The Kier molecular flexibility index (Phi) is 5.06. The molecule has 1 rings (SSSR count). The van der Waals surface area contributed by atoms with Gasteiger partial charge in [-0.25, -0.2) is 0 Å². The lowest BCUT2D eigenvalue weighted by Gasteiger charge is -2.11. The third-order valence-electron chi connectivity index (χ3n) is 2.59. The summed E-state index contributed by atoms with van der Waals surface area (Å²) in [5.74, 6) is -0.525. The minimum atomic E-state index is -0.894. The van der Waals surface area contributed by atoms with E-state index in [1.165, 1.54) is 0 Å². The number of carboxylic acids is 1. The molecule has 0 fully saturated rings. The highest BCUT2D eigenvalue weighted by Crippen LogP contribution is 2.19. The van der Waals surface area contributed by atoms with Gasteiger partial charge in [-0.2, -0.15) is 10.4 Å². The number of aryl methyl sites for hydroxylation is 1. The van der Waals surface area contributed by atoms with Crippen LogP contribution in [0.2, 0.25) is 0 Å². The molecule has 0 aliphatic rings. The topological polar surface area (TPSA) is 98.9 Å². The Hall–Kier alpha value is -2.16. The van der Waals surface area contributed by atoms with Crippen molar-refractivity contribution in [3.05, 3.63) is 16.8 Å². The lowest BCUT2D eigenvalue weighted by atomic mass is 10.0. The summed E-state index contributed by atoms with van der Waals surface area (Å²) in [6.45, 7) is 4.15. The summed E-state index contributed by atoms with van der Waals surface area (Å²) in [5, 5.41) is 28.6. The predicted octanol–water partition coefficient (Wildman–Crippen LogP) is 1.36. The van der Waals surface area contributed by atoms with E-state index in [1.54, 1.807) is 0 Å². The molecule has 0 amide bonds. The molecule has 6 heteroatoms. The molecule has 0 saturated carbocycles. The van der Waals surface area contributed by atoms with Crippen LogP contribution in [0.5, 0.6) is 0 Å².